The zero-order chi connectivity index (χ0) is 11.7. The molecule has 0 amide bonds. The van der Waals surface area contributed by atoms with Crippen LogP contribution < -0.4 is 0 Å². The minimum Gasteiger partial charge on any atom is -0.0837 e. The Hall–Kier alpha value is -1.27. The zero-order valence-electron chi connectivity index (χ0n) is 9.84. The number of rotatable bonds is 1. The van der Waals surface area contributed by atoms with Crippen LogP contribution in [0.3, 0.4) is 0 Å². The van der Waals surface area contributed by atoms with Crippen LogP contribution in [0.25, 0.3) is 11.1 Å². The molecule has 0 aliphatic rings. The van der Waals surface area contributed by atoms with Gasteiger partial charge in [0.15, 0.2) is 0 Å². The molecule has 0 unspecified atom stereocenters. The molecule has 0 bridgehead atoms. The monoisotopic (exact) mass is 230 g/mol. The van der Waals surface area contributed by atoms with E-state index in [0.717, 1.165) is 10.6 Å². The first-order chi connectivity index (χ1) is 7.59. The molecule has 1 heteroatoms. The van der Waals surface area contributed by atoms with E-state index in [1.54, 1.807) is 0 Å². The van der Waals surface area contributed by atoms with E-state index < -0.39 is 0 Å². The van der Waals surface area contributed by atoms with E-state index in [1.165, 1.54) is 22.3 Å². The molecule has 0 N–H and O–H groups in total. The van der Waals surface area contributed by atoms with Crippen LogP contribution in [0.4, 0.5) is 0 Å². The molecule has 16 heavy (non-hydrogen) atoms. The summed E-state index contributed by atoms with van der Waals surface area (Å²) in [6, 6.07) is 12.5. The van der Waals surface area contributed by atoms with Crippen LogP contribution in [0.1, 0.15) is 16.7 Å². The highest BCUT2D eigenvalue weighted by Gasteiger charge is 2.09. The van der Waals surface area contributed by atoms with Crippen LogP contribution in [0.2, 0.25) is 5.02 Å². The molecule has 2 rings (SSSR count). The molecule has 0 radical (unpaired) electrons. The average molecular weight is 231 g/mol. The van der Waals surface area contributed by atoms with Crippen molar-refractivity contribution in [1.82, 2.24) is 0 Å². The van der Waals surface area contributed by atoms with Crippen LogP contribution in [0.5, 0.6) is 0 Å². The highest BCUT2D eigenvalue weighted by atomic mass is 35.5. The molecule has 0 aromatic heterocycles. The maximum atomic E-state index is 6.29. The third-order valence-corrected chi connectivity index (χ3v) is 3.20. The first-order valence-electron chi connectivity index (χ1n) is 5.42. The van der Waals surface area contributed by atoms with Crippen molar-refractivity contribution in [1.29, 1.82) is 0 Å². The van der Waals surface area contributed by atoms with E-state index in [9.17, 15) is 0 Å². The van der Waals surface area contributed by atoms with E-state index >= 15 is 0 Å². The molecular weight excluding hydrogens is 216 g/mol. The second kappa shape index (κ2) is 4.31. The van der Waals surface area contributed by atoms with Gasteiger partial charge in [-0.15, -0.1) is 0 Å². The second-order valence-corrected chi connectivity index (χ2v) is 4.66. The summed E-state index contributed by atoms with van der Waals surface area (Å²) < 4.78 is 0. The lowest BCUT2D eigenvalue weighted by atomic mass is 9.95. The Morgan fingerprint density at radius 2 is 1.62 bits per heavy atom. The summed E-state index contributed by atoms with van der Waals surface area (Å²) in [6.45, 7) is 6.33. The van der Waals surface area contributed by atoms with Gasteiger partial charge in [0, 0.05) is 10.6 Å². The summed E-state index contributed by atoms with van der Waals surface area (Å²) in [4.78, 5) is 0. The predicted molar refractivity (Wildman–Crippen MR) is 71.1 cm³/mol. The normalized spacial score (nSPS) is 10.5. The Labute approximate surface area is 102 Å². The molecule has 0 heterocycles. The van der Waals surface area contributed by atoms with Gasteiger partial charge >= 0.3 is 0 Å². The van der Waals surface area contributed by atoms with Crippen LogP contribution in [0.15, 0.2) is 36.4 Å². The number of hydrogen-bond acceptors (Lipinski definition) is 0. The molecule has 0 saturated carbocycles. The summed E-state index contributed by atoms with van der Waals surface area (Å²) in [5.41, 5.74) is 6.15. The van der Waals surface area contributed by atoms with Crippen molar-refractivity contribution < 1.29 is 0 Å². The quantitative estimate of drug-likeness (QED) is 0.652. The molecule has 0 saturated heterocycles. The number of aryl methyl sites for hydroxylation is 3. The van der Waals surface area contributed by atoms with Gasteiger partial charge in [0.2, 0.25) is 0 Å². The summed E-state index contributed by atoms with van der Waals surface area (Å²) in [5.74, 6) is 0. The van der Waals surface area contributed by atoms with Crippen LogP contribution in [0, 0.1) is 20.8 Å². The molecule has 2 aromatic carbocycles. The molecule has 0 nitrogen and oxygen atoms in total. The molecular formula is C15H15Cl. The van der Waals surface area contributed by atoms with Crippen LogP contribution in [-0.2, 0) is 0 Å². The van der Waals surface area contributed by atoms with Crippen molar-refractivity contribution >= 4 is 11.6 Å². The topological polar surface area (TPSA) is 0 Å². The SMILES string of the molecule is Cc1ccc(C)c(-c2c(C)cccc2Cl)c1. The van der Waals surface area contributed by atoms with Gasteiger partial charge in [-0.05, 0) is 43.5 Å². The van der Waals surface area contributed by atoms with E-state index in [0.29, 0.717) is 0 Å². The first-order valence-corrected chi connectivity index (χ1v) is 5.80. The molecule has 82 valence electrons. The Morgan fingerprint density at radius 1 is 0.875 bits per heavy atom. The Balaban J connectivity index is 2.72. The van der Waals surface area contributed by atoms with Crippen LogP contribution >= 0.6 is 11.6 Å². The maximum absolute atomic E-state index is 6.29. The fourth-order valence-corrected chi connectivity index (χ4v) is 2.30. The Morgan fingerprint density at radius 3 is 2.31 bits per heavy atom. The highest BCUT2D eigenvalue weighted by Crippen LogP contribution is 2.33. The van der Waals surface area contributed by atoms with Gasteiger partial charge in [0.1, 0.15) is 0 Å². The summed E-state index contributed by atoms with van der Waals surface area (Å²) in [7, 11) is 0. The van der Waals surface area contributed by atoms with Crippen molar-refractivity contribution in [2.75, 3.05) is 0 Å². The van der Waals surface area contributed by atoms with Gasteiger partial charge in [0.25, 0.3) is 0 Å². The Bertz CT molecular complexity index is 507. The van der Waals surface area contributed by atoms with Crippen molar-refractivity contribution in [3.63, 3.8) is 0 Å². The molecule has 0 fully saturated rings. The minimum absolute atomic E-state index is 0.828. The maximum Gasteiger partial charge on any atom is 0.0487 e. The largest absolute Gasteiger partial charge is 0.0837 e. The molecule has 0 spiro atoms. The second-order valence-electron chi connectivity index (χ2n) is 4.25. The van der Waals surface area contributed by atoms with Gasteiger partial charge in [-0.25, -0.2) is 0 Å². The van der Waals surface area contributed by atoms with Crippen molar-refractivity contribution in [3.8, 4) is 11.1 Å². The fourth-order valence-electron chi connectivity index (χ4n) is 1.98. The third-order valence-electron chi connectivity index (χ3n) is 2.88. The minimum atomic E-state index is 0.828. The van der Waals surface area contributed by atoms with Gasteiger partial charge in [-0.1, -0.05) is 47.5 Å². The lowest BCUT2D eigenvalue weighted by Gasteiger charge is -2.12. The fraction of sp³-hybridized carbons (Fsp3) is 0.200. The van der Waals surface area contributed by atoms with Crippen molar-refractivity contribution in [3.05, 3.63) is 58.1 Å². The van der Waals surface area contributed by atoms with Crippen LogP contribution in [-0.4, -0.2) is 0 Å². The summed E-state index contributed by atoms with van der Waals surface area (Å²) >= 11 is 6.29. The molecule has 0 aliphatic heterocycles. The average Bonchev–Trinajstić information content (AvgIpc) is 2.23. The van der Waals surface area contributed by atoms with Gasteiger partial charge < -0.3 is 0 Å². The predicted octanol–water partition coefficient (Wildman–Crippen LogP) is 4.93. The summed E-state index contributed by atoms with van der Waals surface area (Å²) in [6.07, 6.45) is 0. The lowest BCUT2D eigenvalue weighted by Crippen LogP contribution is -1.89. The molecule has 0 aliphatic carbocycles. The van der Waals surface area contributed by atoms with E-state index in [-0.39, 0.29) is 0 Å². The number of halogens is 1. The van der Waals surface area contributed by atoms with Crippen molar-refractivity contribution in [2.45, 2.75) is 20.8 Å². The highest BCUT2D eigenvalue weighted by molar-refractivity contribution is 6.33. The Kier molecular flexibility index (Phi) is 3.02. The first kappa shape index (κ1) is 11.2. The van der Waals surface area contributed by atoms with Crippen molar-refractivity contribution in [2.24, 2.45) is 0 Å². The number of hydrogen-bond donors (Lipinski definition) is 0. The zero-order valence-corrected chi connectivity index (χ0v) is 10.6. The molecule has 2 aromatic rings. The lowest BCUT2D eigenvalue weighted by molar-refractivity contribution is 1.37. The summed E-state index contributed by atoms with van der Waals surface area (Å²) in [5, 5.41) is 0.828. The van der Waals surface area contributed by atoms with Gasteiger partial charge in [-0.2, -0.15) is 0 Å². The van der Waals surface area contributed by atoms with E-state index in [4.69, 9.17) is 11.6 Å². The van der Waals surface area contributed by atoms with Gasteiger partial charge in [-0.3, -0.25) is 0 Å². The third kappa shape index (κ3) is 1.98. The number of benzene rings is 2. The standard InChI is InChI=1S/C15H15Cl/c1-10-7-8-11(2)13(9-10)15-12(3)5-4-6-14(15)16/h4-9H,1-3H3. The smallest absolute Gasteiger partial charge is 0.0487 e. The van der Waals surface area contributed by atoms with E-state index in [2.05, 4.69) is 45.0 Å². The van der Waals surface area contributed by atoms with E-state index in [1.807, 2.05) is 12.1 Å². The molecule has 0 atom stereocenters. The van der Waals surface area contributed by atoms with Gasteiger partial charge in [0.05, 0.1) is 0 Å².